The fraction of sp³-hybridized carbons (Fsp3) is 0.231. The molecule has 0 fully saturated rings. The molecule has 1 aliphatic rings. The van der Waals surface area contributed by atoms with Gasteiger partial charge in [-0.3, -0.25) is 4.55 Å². The maximum Gasteiger partial charge on any atom is 0.305 e. The highest BCUT2D eigenvalue weighted by atomic mass is 32.2. The van der Waals surface area contributed by atoms with Gasteiger partial charge in [-0.25, -0.2) is 17.9 Å². The Morgan fingerprint density at radius 3 is 2.17 bits per heavy atom. The molecule has 7 nitrogen and oxygen atoms in total. The van der Waals surface area contributed by atoms with Crippen molar-refractivity contribution in [2.24, 2.45) is 5.14 Å². The number of methoxy groups -OCH3 is 1. The maximum atomic E-state index is 15.1. The van der Waals surface area contributed by atoms with Crippen molar-refractivity contribution in [1.82, 2.24) is 0 Å². The van der Waals surface area contributed by atoms with Gasteiger partial charge in [-0.1, -0.05) is 18.2 Å². The number of primary sulfonamides is 1. The highest BCUT2D eigenvalue weighted by molar-refractivity contribution is 7.93. The molecule has 1 unspecified atom stereocenters. The van der Waals surface area contributed by atoms with E-state index in [1.54, 1.807) is 0 Å². The highest BCUT2D eigenvalue weighted by Gasteiger charge is 2.50. The summed E-state index contributed by atoms with van der Waals surface area (Å²) in [4.78, 5) is -0.630. The van der Waals surface area contributed by atoms with Crippen molar-refractivity contribution in [3.63, 3.8) is 0 Å². The average molecular weight is 363 g/mol. The van der Waals surface area contributed by atoms with E-state index in [2.05, 4.69) is 0 Å². The van der Waals surface area contributed by atoms with E-state index in [0.29, 0.717) is 5.75 Å². The molecule has 0 radical (unpaired) electrons. The summed E-state index contributed by atoms with van der Waals surface area (Å²) in [5, 5.41) is 1.59. The van der Waals surface area contributed by atoms with Crippen molar-refractivity contribution in [2.45, 2.75) is 11.4 Å². The Labute approximate surface area is 133 Å². The first-order chi connectivity index (χ1) is 10.5. The molecule has 1 aliphatic carbocycles. The molecule has 23 heavy (non-hydrogen) atoms. The Kier molecular flexibility index (Phi) is 4.37. The first kappa shape index (κ1) is 17.6. The van der Waals surface area contributed by atoms with Gasteiger partial charge in [0.25, 0.3) is 5.00 Å². The molecular formula is C13H14FNO6S2. The summed E-state index contributed by atoms with van der Waals surface area (Å²) in [7, 11) is -8.13. The molecule has 3 N–H and O–H groups in total. The summed E-state index contributed by atoms with van der Waals surface area (Å²) >= 11 is 0. The summed E-state index contributed by atoms with van der Waals surface area (Å²) in [6.07, 6.45) is 0.874. The van der Waals surface area contributed by atoms with E-state index < -0.39 is 42.0 Å². The molecule has 0 amide bonds. The van der Waals surface area contributed by atoms with E-state index in [4.69, 9.17) is 9.88 Å². The summed E-state index contributed by atoms with van der Waals surface area (Å²) in [6, 6.07) is 5.72. The molecule has 126 valence electrons. The molecule has 1 aromatic carbocycles. The van der Waals surface area contributed by atoms with Crippen LogP contribution in [0.5, 0.6) is 5.75 Å². The summed E-state index contributed by atoms with van der Waals surface area (Å²) in [5.41, 5.74) is -0.245. The first-order valence-corrected chi connectivity index (χ1v) is 9.22. The Balaban J connectivity index is 2.65. The predicted octanol–water partition coefficient (Wildman–Crippen LogP) is 1.21. The third kappa shape index (κ3) is 3.29. The van der Waals surface area contributed by atoms with Gasteiger partial charge in [-0.15, -0.1) is 0 Å². The van der Waals surface area contributed by atoms with Gasteiger partial charge in [0.1, 0.15) is 5.75 Å². The number of nitrogens with two attached hydrogens (primary N) is 1. The van der Waals surface area contributed by atoms with E-state index in [1.165, 1.54) is 31.4 Å². The number of ether oxygens (including phenoxy) is 1. The van der Waals surface area contributed by atoms with Gasteiger partial charge in [0.05, 0.1) is 12.0 Å². The second-order valence-corrected chi connectivity index (χ2v) is 8.08. The summed E-state index contributed by atoms with van der Waals surface area (Å²) in [6.45, 7) is 0. The van der Waals surface area contributed by atoms with Gasteiger partial charge in [-0.2, -0.15) is 8.42 Å². The minimum Gasteiger partial charge on any atom is -0.497 e. The Bertz CT molecular complexity index is 887. The molecule has 1 atom stereocenters. The minimum absolute atomic E-state index is 0.149. The second kappa shape index (κ2) is 5.71. The zero-order chi connectivity index (χ0) is 17.5. The number of benzene rings is 1. The number of alkyl halides is 1. The molecule has 0 saturated heterocycles. The smallest absolute Gasteiger partial charge is 0.305 e. The van der Waals surface area contributed by atoms with Crippen LogP contribution in [0.25, 0.3) is 5.57 Å². The zero-order valence-electron chi connectivity index (χ0n) is 11.9. The van der Waals surface area contributed by atoms with Crippen LogP contribution < -0.4 is 9.88 Å². The van der Waals surface area contributed by atoms with Crippen LogP contribution in [-0.2, 0) is 20.1 Å². The van der Waals surface area contributed by atoms with E-state index in [1.807, 2.05) is 0 Å². The quantitative estimate of drug-likeness (QED) is 0.775. The molecule has 10 heteroatoms. The van der Waals surface area contributed by atoms with Gasteiger partial charge < -0.3 is 4.74 Å². The number of hydrogen-bond donors (Lipinski definition) is 2. The number of rotatable bonds is 4. The lowest BCUT2D eigenvalue weighted by molar-refractivity contribution is 0.308. The zero-order valence-corrected chi connectivity index (χ0v) is 13.6. The normalized spacial score (nSPS) is 22.3. The predicted molar refractivity (Wildman–Crippen MR) is 82.2 cm³/mol. The van der Waals surface area contributed by atoms with Crippen molar-refractivity contribution in [1.29, 1.82) is 0 Å². The fourth-order valence-corrected chi connectivity index (χ4v) is 3.74. The van der Waals surface area contributed by atoms with Gasteiger partial charge in [0.2, 0.25) is 10.0 Å². The lowest BCUT2D eigenvalue weighted by Gasteiger charge is -2.28. The van der Waals surface area contributed by atoms with Crippen molar-refractivity contribution < 1.29 is 30.5 Å². The molecule has 0 heterocycles. The molecule has 0 spiro atoms. The summed E-state index contributed by atoms with van der Waals surface area (Å²) in [5.74, 6) is 0.460. The third-order valence-electron chi connectivity index (χ3n) is 3.42. The fourth-order valence-electron chi connectivity index (χ4n) is 2.19. The third-order valence-corrected chi connectivity index (χ3v) is 5.61. The molecule has 0 aromatic heterocycles. The molecule has 0 aliphatic heterocycles. The SMILES string of the molecule is COc1ccc(C2=CC=C(S(N)(=O)=O)CC2(F)S(=O)(=O)O)cc1. The van der Waals surface area contributed by atoms with Gasteiger partial charge in [0.15, 0.2) is 0 Å². The molecule has 0 bridgehead atoms. The van der Waals surface area contributed by atoms with Gasteiger partial charge >= 0.3 is 10.1 Å². The Morgan fingerprint density at radius 1 is 1.17 bits per heavy atom. The number of sulfonamides is 1. The number of allylic oxidation sites excluding steroid dienone is 3. The van der Waals surface area contributed by atoms with E-state index in [9.17, 15) is 21.4 Å². The summed E-state index contributed by atoms with van der Waals surface area (Å²) < 4.78 is 75.1. The maximum absolute atomic E-state index is 15.1. The Morgan fingerprint density at radius 2 is 1.74 bits per heavy atom. The monoisotopic (exact) mass is 363 g/mol. The first-order valence-electron chi connectivity index (χ1n) is 6.23. The van der Waals surface area contributed by atoms with E-state index in [-0.39, 0.29) is 5.56 Å². The number of halogens is 1. The van der Waals surface area contributed by atoms with Crippen LogP contribution in [0.15, 0.2) is 41.3 Å². The number of hydrogen-bond acceptors (Lipinski definition) is 5. The van der Waals surface area contributed by atoms with Crippen LogP contribution in [0.3, 0.4) is 0 Å². The van der Waals surface area contributed by atoms with E-state index in [0.717, 1.165) is 12.2 Å². The molecular weight excluding hydrogens is 349 g/mol. The second-order valence-electron chi connectivity index (χ2n) is 4.87. The average Bonchev–Trinajstić information content (AvgIpc) is 2.45. The van der Waals surface area contributed by atoms with Crippen molar-refractivity contribution in [3.8, 4) is 5.75 Å². The lowest BCUT2D eigenvalue weighted by atomic mass is 9.95. The topological polar surface area (TPSA) is 124 Å². The van der Waals surface area contributed by atoms with Crippen molar-refractivity contribution >= 4 is 25.7 Å². The van der Waals surface area contributed by atoms with Crippen LogP contribution in [0.4, 0.5) is 4.39 Å². The van der Waals surface area contributed by atoms with Crippen LogP contribution in [0.1, 0.15) is 12.0 Å². The highest BCUT2D eigenvalue weighted by Crippen LogP contribution is 2.44. The van der Waals surface area contributed by atoms with Crippen LogP contribution in [0, 0.1) is 0 Å². The molecule has 1 aromatic rings. The largest absolute Gasteiger partial charge is 0.497 e. The van der Waals surface area contributed by atoms with Crippen molar-refractivity contribution in [2.75, 3.05) is 7.11 Å². The Hall–Kier alpha value is -1.75. The molecule has 2 rings (SSSR count). The molecule has 0 saturated carbocycles. The van der Waals surface area contributed by atoms with Crippen LogP contribution >= 0.6 is 0 Å². The minimum atomic E-state index is -5.26. The van der Waals surface area contributed by atoms with Crippen LogP contribution in [0.2, 0.25) is 0 Å². The van der Waals surface area contributed by atoms with Gasteiger partial charge in [-0.05, 0) is 23.8 Å². The standard InChI is InChI=1S/C13H14FNO6S2/c1-21-10-4-2-9(3-5-10)12-7-6-11(22(15,16)17)8-13(12,14)23(18,19)20/h2-7H,8H2,1H3,(H2,15,16,17)(H,18,19,20). The van der Waals surface area contributed by atoms with Gasteiger partial charge in [0, 0.05) is 12.0 Å². The van der Waals surface area contributed by atoms with Crippen LogP contribution in [-0.4, -0.2) is 33.5 Å². The van der Waals surface area contributed by atoms with Crippen molar-refractivity contribution in [3.05, 3.63) is 46.9 Å². The lowest BCUT2D eigenvalue weighted by Crippen LogP contribution is -2.38. The van der Waals surface area contributed by atoms with E-state index >= 15 is 4.39 Å².